The quantitative estimate of drug-likeness (QED) is 0.195. The number of unbranched alkanes of at least 4 members (excludes halogenated alkanes) is 7. The molecule has 1 atom stereocenters. The normalized spacial score (nSPS) is 13.0. The summed E-state index contributed by atoms with van der Waals surface area (Å²) in [6, 6.07) is 29.8. The first kappa shape index (κ1) is 29.0. The lowest BCUT2D eigenvalue weighted by atomic mass is 9.69. The molecule has 1 nitrogen and oxygen atoms in total. The van der Waals surface area contributed by atoms with Crippen LogP contribution in [0, 0.1) is 5.92 Å². The smallest absolute Gasteiger partial charge is 0.118 e. The van der Waals surface area contributed by atoms with Gasteiger partial charge in [-0.25, -0.2) is 0 Å². The largest absolute Gasteiger partial charge is 0.508 e. The molecule has 0 heterocycles. The van der Waals surface area contributed by atoms with Crippen LogP contribution in [-0.2, 0) is 17.3 Å². The van der Waals surface area contributed by atoms with Crippen molar-refractivity contribution in [2.45, 2.75) is 109 Å². The molecular formula is C36H50O. The van der Waals surface area contributed by atoms with Gasteiger partial charge in [0.25, 0.3) is 0 Å². The molecule has 1 N–H and O–H groups in total. The van der Waals surface area contributed by atoms with Crippen molar-refractivity contribution in [1.29, 1.82) is 0 Å². The van der Waals surface area contributed by atoms with Crippen LogP contribution in [0.2, 0.25) is 0 Å². The number of phenolic OH excluding ortho intramolecular Hbond substituents is 1. The highest BCUT2D eigenvalue weighted by molar-refractivity contribution is 5.33. The summed E-state index contributed by atoms with van der Waals surface area (Å²) in [4.78, 5) is 0. The van der Waals surface area contributed by atoms with Crippen molar-refractivity contribution in [2.75, 3.05) is 0 Å². The van der Waals surface area contributed by atoms with Crippen LogP contribution in [0.15, 0.2) is 84.9 Å². The van der Waals surface area contributed by atoms with E-state index in [1.165, 1.54) is 75.3 Å². The predicted molar refractivity (Wildman–Crippen MR) is 160 cm³/mol. The van der Waals surface area contributed by atoms with E-state index < -0.39 is 0 Å². The fraction of sp³-hybridized carbons (Fsp3) is 0.500. The zero-order valence-electron chi connectivity index (χ0n) is 23.9. The minimum atomic E-state index is 0.0665. The molecule has 3 rings (SSSR count). The number of hydrogen-bond donors (Lipinski definition) is 1. The highest BCUT2D eigenvalue weighted by Crippen LogP contribution is 2.38. The molecule has 0 fully saturated rings. The van der Waals surface area contributed by atoms with Gasteiger partial charge in [-0.2, -0.15) is 0 Å². The van der Waals surface area contributed by atoms with Crippen molar-refractivity contribution in [1.82, 2.24) is 0 Å². The van der Waals surface area contributed by atoms with Crippen LogP contribution in [0.4, 0.5) is 0 Å². The lowest BCUT2D eigenvalue weighted by molar-refractivity contribution is 0.284. The Bertz CT molecular complexity index is 1020. The zero-order valence-corrected chi connectivity index (χ0v) is 23.9. The molecule has 0 spiro atoms. The molecular weight excluding hydrogens is 448 g/mol. The highest BCUT2D eigenvalue weighted by Gasteiger charge is 2.31. The average molecular weight is 499 g/mol. The van der Waals surface area contributed by atoms with E-state index in [9.17, 15) is 5.11 Å². The van der Waals surface area contributed by atoms with Crippen LogP contribution in [0.5, 0.6) is 5.75 Å². The molecule has 0 aliphatic heterocycles. The van der Waals surface area contributed by atoms with Gasteiger partial charge in [0.2, 0.25) is 0 Å². The van der Waals surface area contributed by atoms with Gasteiger partial charge in [0.05, 0.1) is 0 Å². The summed E-state index contributed by atoms with van der Waals surface area (Å²) in [6.07, 6.45) is 14.1. The van der Waals surface area contributed by atoms with Gasteiger partial charge in [0.15, 0.2) is 0 Å². The second kappa shape index (κ2) is 14.4. The molecule has 1 heteroatoms. The minimum Gasteiger partial charge on any atom is -0.508 e. The van der Waals surface area contributed by atoms with Gasteiger partial charge in [0.1, 0.15) is 5.75 Å². The average Bonchev–Trinajstić information content (AvgIpc) is 2.91. The number of phenols is 1. The Kier molecular flexibility index (Phi) is 11.3. The van der Waals surface area contributed by atoms with E-state index in [4.69, 9.17) is 0 Å². The van der Waals surface area contributed by atoms with E-state index >= 15 is 0 Å². The second-order valence-electron chi connectivity index (χ2n) is 12.2. The molecule has 0 aromatic heterocycles. The number of aromatic hydroxyl groups is 1. The van der Waals surface area contributed by atoms with Gasteiger partial charge in [-0.1, -0.05) is 158 Å². The molecule has 200 valence electrons. The number of hydrogen-bond acceptors (Lipinski definition) is 1. The topological polar surface area (TPSA) is 20.2 Å². The van der Waals surface area contributed by atoms with Crippen molar-refractivity contribution >= 4 is 0 Å². The van der Waals surface area contributed by atoms with Crippen molar-refractivity contribution < 1.29 is 5.11 Å². The number of benzene rings is 3. The molecule has 0 saturated carbocycles. The fourth-order valence-electron chi connectivity index (χ4n) is 5.82. The first-order chi connectivity index (χ1) is 17.8. The van der Waals surface area contributed by atoms with E-state index in [0.717, 1.165) is 12.0 Å². The molecule has 0 saturated heterocycles. The third kappa shape index (κ3) is 9.06. The number of rotatable bonds is 16. The summed E-state index contributed by atoms with van der Waals surface area (Å²) in [5.41, 5.74) is 4.28. The summed E-state index contributed by atoms with van der Waals surface area (Å²) in [5.74, 6) is 0.930. The van der Waals surface area contributed by atoms with Crippen LogP contribution in [0.1, 0.15) is 109 Å². The van der Waals surface area contributed by atoms with Crippen molar-refractivity contribution in [3.63, 3.8) is 0 Å². The lowest BCUT2D eigenvalue weighted by Gasteiger charge is -2.36. The van der Waals surface area contributed by atoms with Gasteiger partial charge >= 0.3 is 0 Å². The molecule has 0 amide bonds. The first-order valence-corrected chi connectivity index (χ1v) is 14.7. The Morgan fingerprint density at radius 3 is 1.65 bits per heavy atom. The monoisotopic (exact) mass is 498 g/mol. The predicted octanol–water partition coefficient (Wildman–Crippen LogP) is 10.4. The molecule has 0 aliphatic carbocycles. The Labute approximate surface area is 227 Å². The summed E-state index contributed by atoms with van der Waals surface area (Å²) in [6.45, 7) is 9.53. The van der Waals surface area contributed by atoms with Crippen LogP contribution in [0.25, 0.3) is 0 Å². The SMILES string of the molecule is CC(C)(CCCCCCCCCCC(Cc1ccccc1O)C(C)(C)c1ccccc1)c1ccccc1. The Morgan fingerprint density at radius 2 is 1.05 bits per heavy atom. The summed E-state index contributed by atoms with van der Waals surface area (Å²) < 4.78 is 0. The van der Waals surface area contributed by atoms with Gasteiger partial charge in [0, 0.05) is 0 Å². The first-order valence-electron chi connectivity index (χ1n) is 14.7. The summed E-state index contributed by atoms with van der Waals surface area (Å²) in [7, 11) is 0. The molecule has 1 unspecified atom stereocenters. The molecule has 0 bridgehead atoms. The zero-order chi connectivity index (χ0) is 26.6. The lowest BCUT2D eigenvalue weighted by Crippen LogP contribution is -2.30. The maximum atomic E-state index is 10.4. The van der Waals surface area contributed by atoms with E-state index in [2.05, 4.69) is 94.4 Å². The van der Waals surface area contributed by atoms with E-state index in [0.29, 0.717) is 11.7 Å². The van der Waals surface area contributed by atoms with Crippen LogP contribution >= 0.6 is 0 Å². The number of para-hydroxylation sites is 1. The van der Waals surface area contributed by atoms with E-state index in [1.807, 2.05) is 18.2 Å². The van der Waals surface area contributed by atoms with Crippen molar-refractivity contribution in [3.05, 3.63) is 102 Å². The minimum absolute atomic E-state index is 0.0665. The van der Waals surface area contributed by atoms with Crippen LogP contribution < -0.4 is 0 Å². The standard InChI is InChI=1S/C36H50O/c1-35(2,31-22-14-11-15-23-31)28-20-10-8-6-5-7-9-13-26-33(29-30-21-18-19-27-34(30)37)36(3,4)32-24-16-12-17-25-32/h11-12,14-19,21-25,27,33,37H,5-10,13,20,26,28-29H2,1-4H3. The van der Waals surface area contributed by atoms with Gasteiger partial charge in [-0.05, 0) is 58.8 Å². The third-order valence-corrected chi connectivity index (χ3v) is 8.66. The van der Waals surface area contributed by atoms with E-state index in [1.54, 1.807) is 0 Å². The Morgan fingerprint density at radius 1 is 0.568 bits per heavy atom. The third-order valence-electron chi connectivity index (χ3n) is 8.66. The highest BCUT2D eigenvalue weighted by atomic mass is 16.3. The van der Waals surface area contributed by atoms with Crippen LogP contribution in [0.3, 0.4) is 0 Å². The van der Waals surface area contributed by atoms with Gasteiger partial charge in [-0.15, -0.1) is 0 Å². The summed E-state index contributed by atoms with van der Waals surface area (Å²) >= 11 is 0. The maximum absolute atomic E-state index is 10.4. The van der Waals surface area contributed by atoms with Crippen molar-refractivity contribution in [3.8, 4) is 5.75 Å². The molecule has 0 radical (unpaired) electrons. The molecule has 37 heavy (non-hydrogen) atoms. The van der Waals surface area contributed by atoms with E-state index in [-0.39, 0.29) is 10.8 Å². The van der Waals surface area contributed by atoms with Gasteiger partial charge < -0.3 is 5.11 Å². The Hall–Kier alpha value is -2.54. The van der Waals surface area contributed by atoms with Crippen LogP contribution in [-0.4, -0.2) is 5.11 Å². The van der Waals surface area contributed by atoms with Gasteiger partial charge in [-0.3, -0.25) is 0 Å². The molecule has 3 aromatic rings. The second-order valence-corrected chi connectivity index (χ2v) is 12.2. The molecule has 3 aromatic carbocycles. The Balaban J connectivity index is 1.38. The molecule has 0 aliphatic rings. The maximum Gasteiger partial charge on any atom is 0.118 e. The van der Waals surface area contributed by atoms with Crippen molar-refractivity contribution in [2.24, 2.45) is 5.92 Å². The summed E-state index contributed by atoms with van der Waals surface area (Å²) in [5, 5.41) is 10.4. The fourth-order valence-corrected chi connectivity index (χ4v) is 5.82.